The zero-order valence-electron chi connectivity index (χ0n) is 10.4. The van der Waals surface area contributed by atoms with Crippen molar-refractivity contribution in [1.82, 2.24) is 4.98 Å². The first kappa shape index (κ1) is 11.8. The summed E-state index contributed by atoms with van der Waals surface area (Å²) in [5.41, 5.74) is 3.87. The third-order valence-electron chi connectivity index (χ3n) is 2.91. The van der Waals surface area contributed by atoms with Gasteiger partial charge in [-0.1, -0.05) is 29.0 Å². The second kappa shape index (κ2) is 4.78. The van der Waals surface area contributed by atoms with E-state index in [2.05, 4.69) is 59.1 Å². The van der Waals surface area contributed by atoms with E-state index in [1.807, 2.05) is 11.8 Å². The number of imidazole rings is 1. The molecule has 0 saturated heterocycles. The molecule has 0 saturated carbocycles. The highest BCUT2D eigenvalue weighted by Crippen LogP contribution is 2.22. The molecule has 0 aliphatic carbocycles. The molecule has 92 valence electrons. The first-order chi connectivity index (χ1) is 8.72. The van der Waals surface area contributed by atoms with Gasteiger partial charge in [0, 0.05) is 10.3 Å². The van der Waals surface area contributed by atoms with E-state index in [0.717, 1.165) is 5.75 Å². The lowest BCUT2D eigenvalue weighted by Crippen LogP contribution is -2.17. The van der Waals surface area contributed by atoms with Crippen molar-refractivity contribution >= 4 is 28.1 Å². The number of aromatic amines is 1. The van der Waals surface area contributed by atoms with Crippen LogP contribution in [0.25, 0.3) is 4.96 Å². The van der Waals surface area contributed by atoms with Gasteiger partial charge in [-0.25, -0.2) is 4.98 Å². The normalized spacial score (nSPS) is 11.2. The number of nitrogens with one attached hydrogen (secondary N) is 1. The highest BCUT2D eigenvalue weighted by molar-refractivity contribution is 7.98. The molecule has 0 atom stereocenters. The van der Waals surface area contributed by atoms with E-state index in [9.17, 15) is 0 Å². The van der Waals surface area contributed by atoms with Gasteiger partial charge in [-0.15, -0.1) is 11.8 Å². The molecule has 0 fully saturated rings. The van der Waals surface area contributed by atoms with Crippen LogP contribution >= 0.6 is 23.1 Å². The van der Waals surface area contributed by atoms with Crippen LogP contribution in [0.5, 0.6) is 0 Å². The van der Waals surface area contributed by atoms with Gasteiger partial charge in [0.25, 0.3) is 0 Å². The largest absolute Gasteiger partial charge is 0.343 e. The summed E-state index contributed by atoms with van der Waals surface area (Å²) in [6.45, 7) is 4.25. The number of hydrogen-bond donors (Lipinski definition) is 1. The average molecular weight is 275 g/mol. The van der Waals surface area contributed by atoms with E-state index in [-0.39, 0.29) is 0 Å². The standard InChI is InChI=1S/C14H14N2S2/c1-10-3-5-13(6-4-10)17-9-12-7-16-11(2)8-18-14(16)15-12/h3-8H,9H2,1-2H3/p+1. The van der Waals surface area contributed by atoms with Crippen LogP contribution in [0.2, 0.25) is 0 Å². The molecule has 0 aliphatic heterocycles. The fraction of sp³-hybridized carbons (Fsp3) is 0.214. The van der Waals surface area contributed by atoms with Gasteiger partial charge >= 0.3 is 4.96 Å². The van der Waals surface area contributed by atoms with Crippen molar-refractivity contribution in [1.29, 1.82) is 0 Å². The molecular weight excluding hydrogens is 260 g/mol. The third-order valence-corrected chi connectivity index (χ3v) is 4.95. The van der Waals surface area contributed by atoms with Crippen LogP contribution in [0.1, 0.15) is 17.0 Å². The molecule has 0 spiro atoms. The first-order valence-corrected chi connectivity index (χ1v) is 7.76. The van der Waals surface area contributed by atoms with Gasteiger partial charge in [0.2, 0.25) is 0 Å². The summed E-state index contributed by atoms with van der Waals surface area (Å²) in [6.07, 6.45) is 2.20. The molecule has 0 amide bonds. The Bertz CT molecular complexity index is 665. The number of nitrogens with zero attached hydrogens (tertiary/aromatic N) is 1. The van der Waals surface area contributed by atoms with E-state index < -0.39 is 0 Å². The number of aryl methyl sites for hydroxylation is 2. The minimum Gasteiger partial charge on any atom is -0.230 e. The lowest BCUT2D eigenvalue weighted by atomic mass is 10.2. The molecule has 0 bridgehead atoms. The van der Waals surface area contributed by atoms with Crippen molar-refractivity contribution < 1.29 is 4.40 Å². The average Bonchev–Trinajstić information content (AvgIpc) is 2.91. The topological polar surface area (TPSA) is 19.9 Å². The molecule has 4 heteroatoms. The number of rotatable bonds is 3. The molecular formula is C14H15N2S2+. The summed E-state index contributed by atoms with van der Waals surface area (Å²) in [6, 6.07) is 8.69. The Morgan fingerprint density at radius 3 is 2.72 bits per heavy atom. The highest BCUT2D eigenvalue weighted by atomic mass is 32.2. The van der Waals surface area contributed by atoms with Crippen molar-refractivity contribution in [3.63, 3.8) is 0 Å². The lowest BCUT2D eigenvalue weighted by molar-refractivity contribution is -0.513. The lowest BCUT2D eigenvalue weighted by Gasteiger charge is -1.98. The summed E-state index contributed by atoms with van der Waals surface area (Å²) in [4.78, 5) is 5.99. The molecule has 18 heavy (non-hydrogen) atoms. The van der Waals surface area contributed by atoms with Gasteiger partial charge in [0.05, 0.1) is 5.75 Å². The zero-order chi connectivity index (χ0) is 12.5. The molecule has 0 aliphatic rings. The number of benzene rings is 1. The predicted octanol–water partition coefficient (Wildman–Crippen LogP) is 3.72. The van der Waals surface area contributed by atoms with E-state index >= 15 is 0 Å². The van der Waals surface area contributed by atoms with Gasteiger partial charge in [-0.3, -0.25) is 0 Å². The van der Waals surface area contributed by atoms with Crippen LogP contribution < -0.4 is 4.40 Å². The second-order valence-electron chi connectivity index (χ2n) is 4.43. The predicted molar refractivity (Wildman–Crippen MR) is 77.3 cm³/mol. The minimum atomic E-state index is 0.983. The quantitative estimate of drug-likeness (QED) is 0.570. The molecule has 1 N–H and O–H groups in total. The number of thiazole rings is 1. The summed E-state index contributed by atoms with van der Waals surface area (Å²) in [7, 11) is 0. The van der Waals surface area contributed by atoms with Crippen LogP contribution in [0, 0.1) is 13.8 Å². The summed E-state index contributed by atoms with van der Waals surface area (Å²) < 4.78 is 2.22. The maximum Gasteiger partial charge on any atom is 0.343 e. The molecule has 2 heterocycles. The molecule has 0 unspecified atom stereocenters. The Hall–Kier alpha value is -1.26. The Labute approximate surface area is 115 Å². The molecule has 3 rings (SSSR count). The third kappa shape index (κ3) is 2.31. The van der Waals surface area contributed by atoms with E-state index in [0.29, 0.717) is 0 Å². The van der Waals surface area contributed by atoms with Crippen LogP contribution in [0.3, 0.4) is 0 Å². The van der Waals surface area contributed by atoms with Gasteiger partial charge in [-0.05, 0) is 26.0 Å². The number of fused-ring (bicyclic) bond motifs is 1. The van der Waals surface area contributed by atoms with E-state index in [1.54, 1.807) is 11.3 Å². The maximum atomic E-state index is 3.46. The van der Waals surface area contributed by atoms with Crippen LogP contribution in [0.4, 0.5) is 0 Å². The monoisotopic (exact) mass is 275 g/mol. The summed E-state index contributed by atoms with van der Waals surface area (Å²) in [5.74, 6) is 0.983. The van der Waals surface area contributed by atoms with Gasteiger partial charge in [-0.2, -0.15) is 4.40 Å². The first-order valence-electron chi connectivity index (χ1n) is 5.89. The molecule has 0 radical (unpaired) electrons. The van der Waals surface area contributed by atoms with Crippen molar-refractivity contribution in [2.24, 2.45) is 0 Å². The number of hydrogen-bond acceptors (Lipinski definition) is 2. The highest BCUT2D eigenvalue weighted by Gasteiger charge is 2.12. The van der Waals surface area contributed by atoms with Gasteiger partial charge < -0.3 is 0 Å². The minimum absolute atomic E-state index is 0.983. The fourth-order valence-electron chi connectivity index (χ4n) is 1.86. The summed E-state index contributed by atoms with van der Waals surface area (Å²) in [5, 5.41) is 2.17. The Kier molecular flexibility index (Phi) is 3.14. The van der Waals surface area contributed by atoms with Gasteiger partial charge in [0.15, 0.2) is 5.69 Å². The van der Waals surface area contributed by atoms with Gasteiger partial charge in [0.1, 0.15) is 11.9 Å². The van der Waals surface area contributed by atoms with Crippen LogP contribution in [0.15, 0.2) is 40.7 Å². The molecule has 2 aromatic heterocycles. The SMILES string of the molecule is Cc1ccc(SCc2c[n+]3c(C)csc3[nH]2)cc1. The Morgan fingerprint density at radius 1 is 1.22 bits per heavy atom. The molecule has 2 nitrogen and oxygen atoms in total. The zero-order valence-corrected chi connectivity index (χ0v) is 12.1. The smallest absolute Gasteiger partial charge is 0.230 e. The summed E-state index contributed by atoms with van der Waals surface area (Å²) >= 11 is 3.62. The number of thioether (sulfide) groups is 1. The van der Waals surface area contributed by atoms with Crippen molar-refractivity contribution in [3.05, 3.63) is 52.8 Å². The number of H-pyrrole nitrogens is 1. The van der Waals surface area contributed by atoms with E-state index in [4.69, 9.17) is 0 Å². The second-order valence-corrected chi connectivity index (χ2v) is 6.34. The molecule has 3 aromatic rings. The fourth-order valence-corrected chi connectivity index (χ4v) is 3.55. The van der Waals surface area contributed by atoms with E-state index in [1.165, 1.54) is 26.8 Å². The van der Waals surface area contributed by atoms with Crippen molar-refractivity contribution in [2.75, 3.05) is 0 Å². The Morgan fingerprint density at radius 2 is 2.00 bits per heavy atom. The van der Waals surface area contributed by atoms with Crippen LogP contribution in [-0.4, -0.2) is 4.98 Å². The Balaban J connectivity index is 1.74. The number of aromatic nitrogens is 2. The molecule has 1 aromatic carbocycles. The van der Waals surface area contributed by atoms with Crippen LogP contribution in [-0.2, 0) is 5.75 Å². The maximum absolute atomic E-state index is 3.46. The van der Waals surface area contributed by atoms with Crippen molar-refractivity contribution in [3.8, 4) is 0 Å². The van der Waals surface area contributed by atoms with Crippen molar-refractivity contribution in [2.45, 2.75) is 24.5 Å².